The fraction of sp³-hybridized carbons (Fsp3) is 0.278. The fourth-order valence-electron chi connectivity index (χ4n) is 2.61. The van der Waals surface area contributed by atoms with Gasteiger partial charge in [0.2, 0.25) is 15.9 Å². The van der Waals surface area contributed by atoms with Crippen LogP contribution >= 0.6 is 15.9 Å². The first-order chi connectivity index (χ1) is 12.8. The Balaban J connectivity index is 1.60. The molecule has 7 nitrogen and oxygen atoms in total. The van der Waals surface area contributed by atoms with Crippen molar-refractivity contribution in [1.82, 2.24) is 5.32 Å². The summed E-state index contributed by atoms with van der Waals surface area (Å²) < 4.78 is 37.4. The summed E-state index contributed by atoms with van der Waals surface area (Å²) in [6.07, 6.45) is 0.720. The van der Waals surface area contributed by atoms with Gasteiger partial charge in [-0.2, -0.15) is 0 Å². The molecule has 2 aromatic rings. The first kappa shape index (κ1) is 19.5. The molecule has 9 heteroatoms. The number of halogens is 1. The van der Waals surface area contributed by atoms with Crippen molar-refractivity contribution in [3.8, 4) is 11.5 Å². The van der Waals surface area contributed by atoms with E-state index < -0.39 is 15.9 Å². The highest BCUT2D eigenvalue weighted by Gasteiger charge is 2.24. The van der Waals surface area contributed by atoms with Gasteiger partial charge in [-0.1, -0.05) is 34.1 Å². The standard InChI is InChI=1S/C18H19BrN2O5S/c1-27(23,24)21(14-6-4-5-13(19)9-14)11-18(22)20-10-15-12-25-16-7-2-3-8-17(16)26-15/h2-9,15H,10-12H2,1H3,(H,20,22)/t15-/m1/s1. The van der Waals surface area contributed by atoms with E-state index in [-0.39, 0.29) is 19.2 Å². The Morgan fingerprint density at radius 2 is 1.96 bits per heavy atom. The third kappa shape index (κ3) is 5.14. The second kappa shape index (κ2) is 8.18. The van der Waals surface area contributed by atoms with Crippen LogP contribution in [-0.4, -0.2) is 46.4 Å². The van der Waals surface area contributed by atoms with E-state index in [0.29, 0.717) is 23.8 Å². The van der Waals surface area contributed by atoms with Crippen LogP contribution in [0.2, 0.25) is 0 Å². The van der Waals surface area contributed by atoms with Gasteiger partial charge in [-0.15, -0.1) is 0 Å². The molecule has 1 aliphatic heterocycles. The second-order valence-electron chi connectivity index (χ2n) is 6.05. The zero-order valence-electron chi connectivity index (χ0n) is 14.6. The lowest BCUT2D eigenvalue weighted by Gasteiger charge is -2.27. The van der Waals surface area contributed by atoms with E-state index in [9.17, 15) is 13.2 Å². The number of anilines is 1. The number of ether oxygens (including phenoxy) is 2. The Labute approximate surface area is 166 Å². The van der Waals surface area contributed by atoms with E-state index >= 15 is 0 Å². The molecule has 0 radical (unpaired) electrons. The molecular weight excluding hydrogens is 436 g/mol. The van der Waals surface area contributed by atoms with E-state index in [1.54, 1.807) is 30.3 Å². The average molecular weight is 455 g/mol. The van der Waals surface area contributed by atoms with Crippen LogP contribution < -0.4 is 19.1 Å². The van der Waals surface area contributed by atoms with Gasteiger partial charge in [0.15, 0.2) is 11.5 Å². The smallest absolute Gasteiger partial charge is 0.240 e. The predicted molar refractivity (Wildman–Crippen MR) is 106 cm³/mol. The molecule has 1 amide bonds. The van der Waals surface area contributed by atoms with Gasteiger partial charge in [0, 0.05) is 4.47 Å². The van der Waals surface area contributed by atoms with Crippen LogP contribution in [0.1, 0.15) is 0 Å². The van der Waals surface area contributed by atoms with Crippen molar-refractivity contribution >= 4 is 37.5 Å². The van der Waals surface area contributed by atoms with Gasteiger partial charge in [0.05, 0.1) is 18.5 Å². The van der Waals surface area contributed by atoms with Gasteiger partial charge in [0.1, 0.15) is 19.3 Å². The number of para-hydroxylation sites is 2. The number of sulfonamides is 1. The van der Waals surface area contributed by atoms with Crippen LogP contribution in [0.25, 0.3) is 0 Å². The maximum absolute atomic E-state index is 12.3. The van der Waals surface area contributed by atoms with E-state index in [1.165, 1.54) is 0 Å². The molecule has 0 aliphatic carbocycles. The molecule has 1 N–H and O–H groups in total. The molecule has 144 valence electrons. The van der Waals surface area contributed by atoms with Gasteiger partial charge in [0.25, 0.3) is 0 Å². The Morgan fingerprint density at radius 1 is 1.22 bits per heavy atom. The van der Waals surface area contributed by atoms with Crippen LogP contribution in [0.5, 0.6) is 11.5 Å². The van der Waals surface area contributed by atoms with Crippen molar-refractivity contribution < 1.29 is 22.7 Å². The Hall–Kier alpha value is -2.26. The summed E-state index contributed by atoms with van der Waals surface area (Å²) in [4.78, 5) is 12.3. The summed E-state index contributed by atoms with van der Waals surface area (Å²) in [5.41, 5.74) is 0.410. The number of hydrogen-bond donors (Lipinski definition) is 1. The molecule has 0 spiro atoms. The minimum Gasteiger partial charge on any atom is -0.486 e. The molecule has 0 fully saturated rings. The molecule has 0 bridgehead atoms. The second-order valence-corrected chi connectivity index (χ2v) is 8.87. The Bertz CT molecular complexity index is 935. The highest BCUT2D eigenvalue weighted by atomic mass is 79.9. The normalized spacial score (nSPS) is 15.9. The number of carbonyl (C=O) groups is 1. The van der Waals surface area contributed by atoms with Crippen LogP contribution in [-0.2, 0) is 14.8 Å². The van der Waals surface area contributed by atoms with Gasteiger partial charge in [-0.3, -0.25) is 9.10 Å². The van der Waals surface area contributed by atoms with E-state index in [2.05, 4.69) is 21.2 Å². The predicted octanol–water partition coefficient (Wildman–Crippen LogP) is 2.17. The SMILES string of the molecule is CS(=O)(=O)N(CC(=O)NC[C@@H]1COc2ccccc2O1)c1cccc(Br)c1. The maximum atomic E-state index is 12.3. The molecule has 0 saturated heterocycles. The number of benzene rings is 2. The molecule has 1 aliphatic rings. The zero-order valence-corrected chi connectivity index (χ0v) is 17.0. The average Bonchev–Trinajstić information content (AvgIpc) is 2.63. The van der Waals surface area contributed by atoms with Gasteiger partial charge in [-0.25, -0.2) is 8.42 Å². The van der Waals surface area contributed by atoms with Crippen molar-refractivity contribution in [2.45, 2.75) is 6.10 Å². The number of hydrogen-bond acceptors (Lipinski definition) is 5. The summed E-state index contributed by atoms with van der Waals surface area (Å²) in [7, 11) is -3.62. The van der Waals surface area contributed by atoms with Gasteiger partial charge in [-0.05, 0) is 30.3 Å². The summed E-state index contributed by atoms with van der Waals surface area (Å²) >= 11 is 3.31. The van der Waals surface area contributed by atoms with Gasteiger partial charge < -0.3 is 14.8 Å². The lowest BCUT2D eigenvalue weighted by atomic mass is 10.2. The Kier molecular flexibility index (Phi) is 5.91. The van der Waals surface area contributed by atoms with Crippen LogP contribution in [0.4, 0.5) is 5.69 Å². The van der Waals surface area contributed by atoms with Crippen molar-refractivity contribution in [3.63, 3.8) is 0 Å². The third-order valence-corrected chi connectivity index (χ3v) is 5.51. The van der Waals surface area contributed by atoms with E-state index in [0.717, 1.165) is 15.0 Å². The van der Waals surface area contributed by atoms with Crippen LogP contribution in [0.3, 0.4) is 0 Å². The topological polar surface area (TPSA) is 84.9 Å². The number of amides is 1. The summed E-state index contributed by atoms with van der Waals surface area (Å²) in [5, 5.41) is 2.71. The maximum Gasteiger partial charge on any atom is 0.240 e. The Morgan fingerprint density at radius 3 is 2.67 bits per heavy atom. The lowest BCUT2D eigenvalue weighted by Crippen LogP contribution is -2.45. The molecule has 1 heterocycles. The molecule has 0 unspecified atom stereocenters. The number of rotatable bonds is 6. The van der Waals surface area contributed by atoms with Crippen molar-refractivity contribution in [3.05, 3.63) is 53.0 Å². The minimum atomic E-state index is -3.62. The van der Waals surface area contributed by atoms with Crippen LogP contribution in [0, 0.1) is 0 Å². The monoisotopic (exact) mass is 454 g/mol. The fourth-order valence-corrected chi connectivity index (χ4v) is 3.84. The lowest BCUT2D eigenvalue weighted by molar-refractivity contribution is -0.120. The molecule has 3 rings (SSSR count). The van der Waals surface area contributed by atoms with Crippen molar-refractivity contribution in [1.29, 1.82) is 0 Å². The van der Waals surface area contributed by atoms with E-state index in [1.807, 2.05) is 18.2 Å². The highest BCUT2D eigenvalue weighted by Crippen LogP contribution is 2.30. The van der Waals surface area contributed by atoms with Crippen molar-refractivity contribution in [2.24, 2.45) is 0 Å². The summed E-state index contributed by atoms with van der Waals surface area (Å²) in [6, 6.07) is 14.1. The molecule has 27 heavy (non-hydrogen) atoms. The molecule has 1 atom stereocenters. The van der Waals surface area contributed by atoms with E-state index in [4.69, 9.17) is 9.47 Å². The van der Waals surface area contributed by atoms with Crippen LogP contribution in [0.15, 0.2) is 53.0 Å². The third-order valence-electron chi connectivity index (χ3n) is 3.88. The largest absolute Gasteiger partial charge is 0.486 e. The minimum absolute atomic E-state index is 0.212. The molecule has 0 aromatic heterocycles. The first-order valence-electron chi connectivity index (χ1n) is 8.21. The molecule has 2 aromatic carbocycles. The first-order valence-corrected chi connectivity index (χ1v) is 10.9. The number of fused-ring (bicyclic) bond motifs is 1. The highest BCUT2D eigenvalue weighted by molar-refractivity contribution is 9.10. The van der Waals surface area contributed by atoms with Crippen molar-refractivity contribution in [2.75, 3.05) is 30.3 Å². The zero-order chi connectivity index (χ0) is 19.4. The summed E-state index contributed by atoms with van der Waals surface area (Å²) in [6.45, 7) is 0.196. The number of carbonyl (C=O) groups excluding carboxylic acids is 1. The molecule has 0 saturated carbocycles. The van der Waals surface area contributed by atoms with Gasteiger partial charge >= 0.3 is 0 Å². The summed E-state index contributed by atoms with van der Waals surface area (Å²) in [5.74, 6) is 0.857. The quantitative estimate of drug-likeness (QED) is 0.722. The number of nitrogens with zero attached hydrogens (tertiary/aromatic N) is 1. The number of nitrogens with one attached hydrogen (secondary N) is 1. The molecular formula is C18H19BrN2O5S.